The Hall–Kier alpha value is -2.29. The average Bonchev–Trinajstić information content (AvgIpc) is 2.67. The summed E-state index contributed by atoms with van der Waals surface area (Å²) in [5.41, 5.74) is 4.03. The molecule has 0 saturated carbocycles. The molecule has 2 aromatic carbocycles. The number of amides is 1. The number of sulfonamides is 1. The molecule has 0 bridgehead atoms. The maximum Gasteiger partial charge on any atom is 0.269 e. The minimum Gasteiger partial charge on any atom is -0.496 e. The van der Waals surface area contributed by atoms with Gasteiger partial charge in [-0.1, -0.05) is 43.1 Å². The number of anilines is 1. The molecule has 0 aliphatic carbocycles. The second kappa shape index (κ2) is 9.27. The highest BCUT2D eigenvalue weighted by Crippen LogP contribution is 2.32. The first-order chi connectivity index (χ1) is 13.2. The molecule has 9 heteroatoms. The van der Waals surface area contributed by atoms with Gasteiger partial charge in [-0.25, -0.2) is 13.4 Å². The lowest BCUT2D eigenvalue weighted by atomic mass is 10.1. The molecule has 2 aromatic rings. The van der Waals surface area contributed by atoms with Crippen molar-refractivity contribution in [1.82, 2.24) is 10.4 Å². The van der Waals surface area contributed by atoms with E-state index in [4.69, 9.17) is 16.3 Å². The predicted molar refractivity (Wildman–Crippen MR) is 110 cm³/mol. The van der Waals surface area contributed by atoms with Gasteiger partial charge in [0.25, 0.3) is 15.9 Å². The Morgan fingerprint density at radius 3 is 2.29 bits per heavy atom. The molecule has 7 nitrogen and oxygen atoms in total. The summed E-state index contributed by atoms with van der Waals surface area (Å²) in [4.78, 5) is 12.6. The Morgan fingerprint density at radius 2 is 1.75 bits per heavy atom. The molecule has 2 rings (SSSR count). The lowest BCUT2D eigenvalue weighted by Crippen LogP contribution is -2.42. The van der Waals surface area contributed by atoms with Crippen LogP contribution in [0.15, 0.2) is 41.3 Å². The molecule has 0 radical (unpaired) electrons. The first-order valence-electron chi connectivity index (χ1n) is 8.74. The first kappa shape index (κ1) is 22.0. The molecular weight excluding hydrogens is 402 g/mol. The Morgan fingerprint density at radius 1 is 1.14 bits per heavy atom. The topological polar surface area (TPSA) is 87.7 Å². The van der Waals surface area contributed by atoms with Crippen LogP contribution in [0.4, 0.5) is 5.69 Å². The molecular formula is C19H24ClN3O4S. The van der Waals surface area contributed by atoms with Crippen LogP contribution in [0.2, 0.25) is 5.02 Å². The second-order valence-corrected chi connectivity index (χ2v) is 8.15. The summed E-state index contributed by atoms with van der Waals surface area (Å²) in [7, 11) is -2.44. The third-order valence-electron chi connectivity index (χ3n) is 4.13. The van der Waals surface area contributed by atoms with E-state index in [0.717, 1.165) is 5.56 Å². The number of carbonyl (C=O) groups excluding carboxylic acids is 1. The molecule has 0 fully saturated rings. The van der Waals surface area contributed by atoms with Crippen molar-refractivity contribution in [3.63, 3.8) is 0 Å². The van der Waals surface area contributed by atoms with E-state index in [9.17, 15) is 13.2 Å². The highest BCUT2D eigenvalue weighted by atomic mass is 35.5. The van der Waals surface area contributed by atoms with Gasteiger partial charge in [0.15, 0.2) is 0 Å². The maximum atomic E-state index is 12.6. The smallest absolute Gasteiger partial charge is 0.269 e. The Labute approximate surface area is 170 Å². The van der Waals surface area contributed by atoms with Crippen molar-refractivity contribution in [3.05, 3.63) is 52.5 Å². The molecule has 2 N–H and O–H groups in total. The van der Waals surface area contributed by atoms with Gasteiger partial charge in [0.2, 0.25) is 0 Å². The van der Waals surface area contributed by atoms with E-state index < -0.39 is 15.9 Å². The van der Waals surface area contributed by atoms with Crippen molar-refractivity contribution in [2.45, 2.75) is 25.7 Å². The summed E-state index contributed by atoms with van der Waals surface area (Å²) in [5, 5.41) is 1.81. The van der Waals surface area contributed by atoms with E-state index in [2.05, 4.69) is 10.1 Å². The van der Waals surface area contributed by atoms with E-state index in [1.54, 1.807) is 17.1 Å². The number of nitrogens with one attached hydrogen (secondary N) is 2. The number of hydrazine groups is 1. The van der Waals surface area contributed by atoms with E-state index >= 15 is 0 Å². The highest BCUT2D eigenvalue weighted by molar-refractivity contribution is 7.92. The molecule has 28 heavy (non-hydrogen) atoms. The molecule has 0 aliphatic heterocycles. The minimum atomic E-state index is -3.84. The normalized spacial score (nSPS) is 11.4. The maximum absolute atomic E-state index is 12.6. The zero-order chi connectivity index (χ0) is 20.9. The molecule has 1 amide bonds. The van der Waals surface area contributed by atoms with Gasteiger partial charge in [0.1, 0.15) is 5.75 Å². The van der Waals surface area contributed by atoms with Gasteiger partial charge in [-0.15, -0.1) is 0 Å². The second-order valence-electron chi connectivity index (χ2n) is 6.06. The van der Waals surface area contributed by atoms with Crippen molar-refractivity contribution in [2.75, 3.05) is 24.9 Å². The van der Waals surface area contributed by atoms with Crippen LogP contribution >= 0.6 is 11.6 Å². The van der Waals surface area contributed by atoms with Crippen LogP contribution in [0.25, 0.3) is 0 Å². The zero-order valence-electron chi connectivity index (χ0n) is 16.2. The van der Waals surface area contributed by atoms with Crippen LogP contribution in [0.3, 0.4) is 0 Å². The molecule has 0 spiro atoms. The van der Waals surface area contributed by atoms with Gasteiger partial charge >= 0.3 is 0 Å². The van der Waals surface area contributed by atoms with Crippen LogP contribution < -0.4 is 14.9 Å². The molecule has 0 atom stereocenters. The monoisotopic (exact) mass is 425 g/mol. The van der Waals surface area contributed by atoms with Crippen molar-refractivity contribution in [2.24, 2.45) is 0 Å². The molecule has 0 aliphatic rings. The summed E-state index contributed by atoms with van der Waals surface area (Å²) in [5.74, 6) is -0.189. The van der Waals surface area contributed by atoms with Crippen molar-refractivity contribution in [1.29, 1.82) is 0 Å². The molecule has 0 aromatic heterocycles. The van der Waals surface area contributed by atoms with Gasteiger partial charge in [-0.3, -0.25) is 14.9 Å². The number of rotatable bonds is 8. The van der Waals surface area contributed by atoms with Crippen LogP contribution in [-0.2, 0) is 10.0 Å². The van der Waals surface area contributed by atoms with Crippen LogP contribution in [0.1, 0.15) is 29.8 Å². The summed E-state index contributed by atoms with van der Waals surface area (Å²) >= 11 is 6.25. The van der Waals surface area contributed by atoms with Crippen LogP contribution in [0, 0.1) is 6.92 Å². The predicted octanol–water partition coefficient (Wildman–Crippen LogP) is 3.44. The quantitative estimate of drug-likeness (QED) is 0.632. The number of nitrogens with zero attached hydrogens (tertiary/aromatic N) is 1. The van der Waals surface area contributed by atoms with Crippen LogP contribution in [0.5, 0.6) is 5.75 Å². The summed E-state index contributed by atoms with van der Waals surface area (Å²) in [6.07, 6.45) is 0. The summed E-state index contributed by atoms with van der Waals surface area (Å²) in [6.45, 7) is 6.96. The van der Waals surface area contributed by atoms with Gasteiger partial charge in [-0.2, -0.15) is 0 Å². The zero-order valence-corrected chi connectivity index (χ0v) is 17.8. The summed E-state index contributed by atoms with van der Waals surface area (Å²) in [6, 6.07) is 9.20. The third kappa shape index (κ3) is 5.15. The van der Waals surface area contributed by atoms with E-state index in [1.165, 1.54) is 31.4 Å². The largest absolute Gasteiger partial charge is 0.496 e. The first-order valence-corrected chi connectivity index (χ1v) is 10.6. The van der Waals surface area contributed by atoms with Gasteiger partial charge < -0.3 is 4.74 Å². The number of hydrogen-bond acceptors (Lipinski definition) is 5. The fourth-order valence-electron chi connectivity index (χ4n) is 2.48. The van der Waals surface area contributed by atoms with E-state index in [-0.39, 0.29) is 26.9 Å². The van der Waals surface area contributed by atoms with Crippen molar-refractivity contribution >= 4 is 33.2 Å². The fourth-order valence-corrected chi connectivity index (χ4v) is 3.82. The number of ether oxygens (including phenoxy) is 1. The average molecular weight is 426 g/mol. The Kier molecular flexibility index (Phi) is 7.29. The highest BCUT2D eigenvalue weighted by Gasteiger charge is 2.21. The minimum absolute atomic E-state index is 0.0844. The third-order valence-corrected chi connectivity index (χ3v) is 5.83. The molecule has 0 unspecified atom stereocenters. The number of methoxy groups -OCH3 is 1. The van der Waals surface area contributed by atoms with E-state index in [0.29, 0.717) is 13.1 Å². The number of hydrogen-bond donors (Lipinski definition) is 2. The van der Waals surface area contributed by atoms with E-state index in [1.807, 2.05) is 20.8 Å². The van der Waals surface area contributed by atoms with Crippen molar-refractivity contribution < 1.29 is 17.9 Å². The van der Waals surface area contributed by atoms with Crippen LogP contribution in [-0.4, -0.2) is 39.5 Å². The number of benzene rings is 2. The SMILES string of the molecule is CCN(CC)NC(=O)c1cc(Cl)c(NS(=O)(=O)c2ccc(C)cc2)cc1OC. The number of halogens is 1. The molecule has 0 saturated heterocycles. The van der Waals surface area contributed by atoms with Gasteiger partial charge in [0, 0.05) is 19.2 Å². The van der Waals surface area contributed by atoms with Gasteiger partial charge in [0.05, 0.1) is 28.3 Å². The fraction of sp³-hybridized carbons (Fsp3) is 0.316. The lowest BCUT2D eigenvalue weighted by Gasteiger charge is -2.20. The Bertz CT molecular complexity index is 942. The number of aryl methyl sites for hydroxylation is 1. The Balaban J connectivity index is 2.34. The number of carbonyl (C=O) groups is 1. The van der Waals surface area contributed by atoms with Crippen molar-refractivity contribution in [3.8, 4) is 5.75 Å². The molecule has 0 heterocycles. The lowest BCUT2D eigenvalue weighted by molar-refractivity contribution is 0.0802. The van der Waals surface area contributed by atoms with Gasteiger partial charge in [-0.05, 0) is 25.1 Å². The standard InChI is InChI=1S/C19H24ClN3O4S/c1-5-23(6-2)21-19(24)15-11-16(20)17(12-18(15)27-4)22-28(25,26)14-9-7-13(3)8-10-14/h7-12,22H,5-6H2,1-4H3,(H,21,24). The summed E-state index contributed by atoms with van der Waals surface area (Å²) < 4.78 is 32.9. The molecule has 152 valence electrons.